The van der Waals surface area contributed by atoms with Crippen LogP contribution in [0.2, 0.25) is 0 Å². The Bertz CT molecular complexity index is 663. The molecule has 0 aliphatic carbocycles. The average molecular weight is 372 g/mol. The van der Waals surface area contributed by atoms with E-state index in [1.807, 2.05) is 11.8 Å². The van der Waals surface area contributed by atoms with E-state index in [0.29, 0.717) is 18.9 Å². The molecule has 0 saturated carbocycles. The maximum absolute atomic E-state index is 12.5. The Morgan fingerprint density at radius 3 is 2.48 bits per heavy atom. The summed E-state index contributed by atoms with van der Waals surface area (Å²) in [6.45, 7) is 10.2. The van der Waals surface area contributed by atoms with Crippen molar-refractivity contribution in [1.82, 2.24) is 15.1 Å². The maximum Gasteiger partial charge on any atom is 0.234 e. The summed E-state index contributed by atoms with van der Waals surface area (Å²) in [7, 11) is 0. The molecule has 3 rings (SSSR count). The molecular formula is C22H33N3O2. The van der Waals surface area contributed by atoms with Crippen LogP contribution in [-0.2, 0) is 9.59 Å². The molecule has 1 aromatic carbocycles. The predicted octanol–water partition coefficient (Wildman–Crippen LogP) is 2.90. The summed E-state index contributed by atoms with van der Waals surface area (Å²) in [6, 6.07) is 8.34. The fourth-order valence-electron chi connectivity index (χ4n) is 4.41. The second kappa shape index (κ2) is 8.42. The lowest BCUT2D eigenvalue weighted by molar-refractivity contribution is -0.138. The molecule has 27 heavy (non-hydrogen) atoms. The van der Waals surface area contributed by atoms with Crippen LogP contribution in [0.5, 0.6) is 0 Å². The molecule has 0 aromatic heterocycles. The number of hydrogen-bond donors (Lipinski definition) is 1. The molecule has 2 fully saturated rings. The van der Waals surface area contributed by atoms with E-state index in [1.165, 1.54) is 5.56 Å². The quantitative estimate of drug-likeness (QED) is 0.866. The summed E-state index contributed by atoms with van der Waals surface area (Å²) in [4.78, 5) is 28.7. The molecule has 2 saturated heterocycles. The highest BCUT2D eigenvalue weighted by Crippen LogP contribution is 2.40. The Balaban J connectivity index is 1.46. The van der Waals surface area contributed by atoms with Crippen molar-refractivity contribution in [2.45, 2.75) is 52.5 Å². The van der Waals surface area contributed by atoms with Gasteiger partial charge in [0.1, 0.15) is 0 Å². The first-order chi connectivity index (χ1) is 12.9. The van der Waals surface area contributed by atoms with Gasteiger partial charge in [-0.15, -0.1) is 0 Å². The summed E-state index contributed by atoms with van der Waals surface area (Å²) in [6.07, 6.45) is 3.85. The number of carbonyl (C=O) groups is 2. The smallest absolute Gasteiger partial charge is 0.234 e. The van der Waals surface area contributed by atoms with Gasteiger partial charge < -0.3 is 10.2 Å². The van der Waals surface area contributed by atoms with Crippen LogP contribution < -0.4 is 5.32 Å². The number of carbonyl (C=O) groups excluding carboxylic acids is 2. The van der Waals surface area contributed by atoms with Crippen molar-refractivity contribution in [2.75, 3.05) is 32.7 Å². The number of nitrogens with one attached hydrogen (secondary N) is 1. The number of aryl methyl sites for hydroxylation is 1. The zero-order valence-electron chi connectivity index (χ0n) is 17.0. The standard InChI is InChI=1S/C22H33N3O2/c1-4-25-16-22(10-9-21(25)27)11-13-24(14-12-22)15-20(26)23-18(3)19-7-5-17(2)6-8-19/h5-8,18H,4,9-16H2,1-3H3,(H,23,26)/t18-/m0/s1. The topological polar surface area (TPSA) is 52.7 Å². The van der Waals surface area contributed by atoms with Crippen LogP contribution in [0.15, 0.2) is 24.3 Å². The molecule has 148 valence electrons. The molecule has 2 heterocycles. The molecule has 1 atom stereocenters. The molecule has 0 unspecified atom stereocenters. The third-order valence-corrected chi connectivity index (χ3v) is 6.37. The molecule has 5 nitrogen and oxygen atoms in total. The molecule has 0 bridgehead atoms. The van der Waals surface area contributed by atoms with E-state index in [9.17, 15) is 9.59 Å². The van der Waals surface area contributed by atoms with Crippen LogP contribution in [0.4, 0.5) is 0 Å². The minimum atomic E-state index is 0.0247. The van der Waals surface area contributed by atoms with Gasteiger partial charge >= 0.3 is 0 Å². The molecular weight excluding hydrogens is 338 g/mol. The molecule has 5 heteroatoms. The number of amides is 2. The highest BCUT2D eigenvalue weighted by atomic mass is 16.2. The first kappa shape index (κ1) is 19.9. The SMILES string of the molecule is CCN1CC2(CCC1=O)CCN(CC(=O)N[C@@H](C)c1ccc(C)cc1)CC2. The van der Waals surface area contributed by atoms with Crippen LogP contribution in [0, 0.1) is 12.3 Å². The average Bonchev–Trinajstić information content (AvgIpc) is 2.66. The van der Waals surface area contributed by atoms with E-state index in [1.54, 1.807) is 0 Å². The van der Waals surface area contributed by atoms with Crippen LogP contribution in [0.25, 0.3) is 0 Å². The van der Waals surface area contributed by atoms with Gasteiger partial charge in [-0.2, -0.15) is 0 Å². The fraction of sp³-hybridized carbons (Fsp3) is 0.636. The number of piperidine rings is 2. The first-order valence-corrected chi connectivity index (χ1v) is 10.3. The van der Waals surface area contributed by atoms with Crippen LogP contribution in [-0.4, -0.2) is 54.3 Å². The molecule has 1 N–H and O–H groups in total. The van der Waals surface area contributed by atoms with Crippen molar-refractivity contribution >= 4 is 11.8 Å². The number of hydrogen-bond acceptors (Lipinski definition) is 3. The number of benzene rings is 1. The minimum Gasteiger partial charge on any atom is -0.348 e. The Kier molecular flexibility index (Phi) is 6.20. The Morgan fingerprint density at radius 1 is 1.19 bits per heavy atom. The molecule has 2 aliphatic rings. The van der Waals surface area contributed by atoms with Gasteiger partial charge in [-0.3, -0.25) is 14.5 Å². The van der Waals surface area contributed by atoms with E-state index < -0.39 is 0 Å². The predicted molar refractivity (Wildman–Crippen MR) is 107 cm³/mol. The highest BCUT2D eigenvalue weighted by Gasteiger charge is 2.40. The van der Waals surface area contributed by atoms with Gasteiger partial charge in [-0.25, -0.2) is 0 Å². The van der Waals surface area contributed by atoms with Gasteiger partial charge in [0.2, 0.25) is 11.8 Å². The largest absolute Gasteiger partial charge is 0.348 e. The zero-order valence-corrected chi connectivity index (χ0v) is 17.0. The van der Waals surface area contributed by atoms with Crippen molar-refractivity contribution in [1.29, 1.82) is 0 Å². The van der Waals surface area contributed by atoms with Gasteiger partial charge in [0.15, 0.2) is 0 Å². The highest BCUT2D eigenvalue weighted by molar-refractivity contribution is 5.78. The summed E-state index contributed by atoms with van der Waals surface area (Å²) in [5, 5.41) is 3.12. The van der Waals surface area contributed by atoms with E-state index in [4.69, 9.17) is 0 Å². The third kappa shape index (κ3) is 4.89. The minimum absolute atomic E-state index is 0.0247. The summed E-state index contributed by atoms with van der Waals surface area (Å²) < 4.78 is 0. The summed E-state index contributed by atoms with van der Waals surface area (Å²) in [5.74, 6) is 0.392. The van der Waals surface area contributed by atoms with E-state index >= 15 is 0 Å². The van der Waals surface area contributed by atoms with E-state index in [-0.39, 0.29) is 17.4 Å². The van der Waals surface area contributed by atoms with Gasteiger partial charge in [-0.1, -0.05) is 29.8 Å². The Morgan fingerprint density at radius 2 is 1.85 bits per heavy atom. The Hall–Kier alpha value is -1.88. The van der Waals surface area contributed by atoms with Crippen molar-refractivity contribution in [3.63, 3.8) is 0 Å². The van der Waals surface area contributed by atoms with Crippen LogP contribution in [0.1, 0.15) is 56.7 Å². The lowest BCUT2D eigenvalue weighted by atomic mass is 9.72. The number of nitrogens with zero attached hydrogens (tertiary/aromatic N) is 2. The monoisotopic (exact) mass is 371 g/mol. The van der Waals surface area contributed by atoms with Crippen LogP contribution >= 0.6 is 0 Å². The van der Waals surface area contributed by atoms with Gasteiger partial charge in [0.25, 0.3) is 0 Å². The second-order valence-corrected chi connectivity index (χ2v) is 8.38. The van der Waals surface area contributed by atoms with Gasteiger partial charge in [-0.05, 0) is 64.1 Å². The van der Waals surface area contributed by atoms with E-state index in [2.05, 4.69) is 48.3 Å². The summed E-state index contributed by atoms with van der Waals surface area (Å²) >= 11 is 0. The molecule has 2 aliphatic heterocycles. The van der Waals surface area contributed by atoms with Gasteiger partial charge in [0.05, 0.1) is 12.6 Å². The zero-order chi connectivity index (χ0) is 19.4. The Labute approximate surface area is 163 Å². The van der Waals surface area contributed by atoms with Crippen molar-refractivity contribution in [3.05, 3.63) is 35.4 Å². The lowest BCUT2D eigenvalue weighted by Crippen LogP contribution is -2.52. The van der Waals surface area contributed by atoms with Gasteiger partial charge in [0, 0.05) is 19.5 Å². The third-order valence-electron chi connectivity index (χ3n) is 6.37. The first-order valence-electron chi connectivity index (χ1n) is 10.3. The fourth-order valence-corrected chi connectivity index (χ4v) is 4.41. The van der Waals surface area contributed by atoms with E-state index in [0.717, 1.165) is 51.0 Å². The van der Waals surface area contributed by atoms with Crippen LogP contribution in [0.3, 0.4) is 0 Å². The number of rotatable bonds is 5. The molecule has 1 spiro atoms. The van der Waals surface area contributed by atoms with Crippen molar-refractivity contribution < 1.29 is 9.59 Å². The number of likely N-dealkylation sites (tertiary alicyclic amines) is 2. The molecule has 2 amide bonds. The molecule has 1 aromatic rings. The lowest BCUT2D eigenvalue weighted by Gasteiger charge is -2.47. The second-order valence-electron chi connectivity index (χ2n) is 8.38. The summed E-state index contributed by atoms with van der Waals surface area (Å²) in [5.41, 5.74) is 2.63. The maximum atomic E-state index is 12.5. The molecule has 0 radical (unpaired) electrons. The normalized spacial score (nSPS) is 21.3. The van der Waals surface area contributed by atoms with Crippen molar-refractivity contribution in [2.24, 2.45) is 5.41 Å². The van der Waals surface area contributed by atoms with Crippen molar-refractivity contribution in [3.8, 4) is 0 Å².